The second kappa shape index (κ2) is 6.10. The molecule has 1 fully saturated rings. The van der Waals surface area contributed by atoms with Gasteiger partial charge in [0.05, 0.1) is 7.11 Å². The maximum absolute atomic E-state index is 14.0. The van der Waals surface area contributed by atoms with E-state index in [9.17, 15) is 12.8 Å². The standard InChI is InChI=1S/C14H20FNO3S/c1-19-13-8-14(20(2,17)18)12(15)7-11(13)6-10-4-3-5-16-9-10/h7-8,10,16H,3-6,9H2,1-2H3. The van der Waals surface area contributed by atoms with Crippen molar-refractivity contribution in [3.63, 3.8) is 0 Å². The lowest BCUT2D eigenvalue weighted by Gasteiger charge is -2.23. The fraction of sp³-hybridized carbons (Fsp3) is 0.571. The second-order valence-electron chi connectivity index (χ2n) is 5.28. The van der Waals surface area contributed by atoms with Gasteiger partial charge in [-0.3, -0.25) is 0 Å². The van der Waals surface area contributed by atoms with E-state index in [1.807, 2.05) is 0 Å². The first-order chi connectivity index (χ1) is 9.41. The van der Waals surface area contributed by atoms with E-state index in [1.54, 1.807) is 0 Å². The molecule has 1 heterocycles. The van der Waals surface area contributed by atoms with Crippen molar-refractivity contribution in [2.75, 3.05) is 26.5 Å². The number of halogens is 1. The van der Waals surface area contributed by atoms with Crippen molar-refractivity contribution in [2.24, 2.45) is 5.92 Å². The summed E-state index contributed by atoms with van der Waals surface area (Å²) in [6.07, 6.45) is 3.88. The fourth-order valence-electron chi connectivity index (χ4n) is 2.62. The molecular formula is C14H20FNO3S. The zero-order valence-electron chi connectivity index (χ0n) is 11.8. The Morgan fingerprint density at radius 3 is 2.75 bits per heavy atom. The van der Waals surface area contributed by atoms with E-state index in [0.29, 0.717) is 18.1 Å². The average molecular weight is 301 g/mol. The first-order valence-electron chi connectivity index (χ1n) is 6.69. The molecule has 0 aliphatic carbocycles. The van der Waals surface area contributed by atoms with Crippen LogP contribution in [0.1, 0.15) is 18.4 Å². The normalized spacial score (nSPS) is 19.9. The van der Waals surface area contributed by atoms with Crippen LogP contribution in [0.25, 0.3) is 0 Å². The van der Waals surface area contributed by atoms with Crippen LogP contribution in [0.2, 0.25) is 0 Å². The second-order valence-corrected chi connectivity index (χ2v) is 7.27. The fourth-order valence-corrected chi connectivity index (χ4v) is 3.35. The molecule has 6 heteroatoms. The summed E-state index contributed by atoms with van der Waals surface area (Å²) in [6.45, 7) is 1.92. The maximum Gasteiger partial charge on any atom is 0.178 e. The quantitative estimate of drug-likeness (QED) is 0.921. The van der Waals surface area contributed by atoms with Gasteiger partial charge in [0, 0.05) is 12.3 Å². The summed E-state index contributed by atoms with van der Waals surface area (Å²) in [4.78, 5) is -0.306. The van der Waals surface area contributed by atoms with Gasteiger partial charge in [0.25, 0.3) is 0 Å². The molecule has 1 aliphatic rings. The number of nitrogens with one attached hydrogen (secondary N) is 1. The zero-order valence-corrected chi connectivity index (χ0v) is 12.6. The summed E-state index contributed by atoms with van der Waals surface area (Å²) in [5.41, 5.74) is 0.728. The van der Waals surface area contributed by atoms with Gasteiger partial charge in [0.2, 0.25) is 0 Å². The van der Waals surface area contributed by atoms with Crippen molar-refractivity contribution in [1.82, 2.24) is 5.32 Å². The Hall–Kier alpha value is -1.14. The number of piperidine rings is 1. The van der Waals surface area contributed by atoms with Crippen LogP contribution in [0.4, 0.5) is 4.39 Å². The predicted molar refractivity (Wildman–Crippen MR) is 75.4 cm³/mol. The number of rotatable bonds is 4. The largest absolute Gasteiger partial charge is 0.496 e. The Kier molecular flexibility index (Phi) is 4.65. The lowest BCUT2D eigenvalue weighted by molar-refractivity contribution is 0.362. The van der Waals surface area contributed by atoms with E-state index in [-0.39, 0.29) is 4.90 Å². The van der Waals surface area contributed by atoms with E-state index in [4.69, 9.17) is 4.74 Å². The van der Waals surface area contributed by atoms with Crippen LogP contribution in [0.5, 0.6) is 5.75 Å². The topological polar surface area (TPSA) is 55.4 Å². The highest BCUT2D eigenvalue weighted by molar-refractivity contribution is 7.90. The molecular weight excluding hydrogens is 281 g/mol. The zero-order chi connectivity index (χ0) is 14.8. The van der Waals surface area contributed by atoms with E-state index in [1.165, 1.54) is 19.2 Å². The molecule has 112 valence electrons. The van der Waals surface area contributed by atoms with Crippen molar-refractivity contribution in [3.8, 4) is 5.75 Å². The van der Waals surface area contributed by atoms with Crippen LogP contribution in [0.3, 0.4) is 0 Å². The molecule has 1 N–H and O–H groups in total. The Balaban J connectivity index is 2.31. The van der Waals surface area contributed by atoms with Gasteiger partial charge in [0.15, 0.2) is 9.84 Å². The third-order valence-corrected chi connectivity index (χ3v) is 4.75. The first-order valence-corrected chi connectivity index (χ1v) is 8.58. The Morgan fingerprint density at radius 1 is 1.45 bits per heavy atom. The molecule has 0 radical (unpaired) electrons. The summed E-state index contributed by atoms with van der Waals surface area (Å²) in [6, 6.07) is 2.58. The minimum absolute atomic E-state index is 0.306. The van der Waals surface area contributed by atoms with Gasteiger partial charge in [-0.1, -0.05) is 0 Å². The highest BCUT2D eigenvalue weighted by Crippen LogP contribution is 2.29. The van der Waals surface area contributed by atoms with Gasteiger partial charge in [-0.2, -0.15) is 0 Å². The van der Waals surface area contributed by atoms with Crippen LogP contribution in [0, 0.1) is 11.7 Å². The lowest BCUT2D eigenvalue weighted by Crippen LogP contribution is -2.31. The summed E-state index contributed by atoms with van der Waals surface area (Å²) in [5, 5.41) is 3.31. The number of hydrogen-bond acceptors (Lipinski definition) is 4. The minimum atomic E-state index is -3.58. The number of methoxy groups -OCH3 is 1. The Morgan fingerprint density at radius 2 is 2.20 bits per heavy atom. The molecule has 0 amide bonds. The molecule has 1 aromatic rings. The molecule has 1 unspecified atom stereocenters. The van der Waals surface area contributed by atoms with Gasteiger partial charge in [-0.25, -0.2) is 12.8 Å². The van der Waals surface area contributed by atoms with E-state index < -0.39 is 15.7 Å². The smallest absolute Gasteiger partial charge is 0.178 e. The third kappa shape index (κ3) is 3.49. The van der Waals surface area contributed by atoms with Crippen molar-refractivity contribution in [1.29, 1.82) is 0 Å². The third-order valence-electron chi connectivity index (χ3n) is 3.64. The molecule has 4 nitrogen and oxygen atoms in total. The summed E-state index contributed by atoms with van der Waals surface area (Å²) < 4.78 is 42.2. The van der Waals surface area contributed by atoms with E-state index >= 15 is 0 Å². The molecule has 0 bridgehead atoms. The van der Waals surface area contributed by atoms with Gasteiger partial charge in [-0.05, 0) is 49.9 Å². The summed E-state index contributed by atoms with van der Waals surface area (Å²) in [5.74, 6) is 0.172. The Labute approximate surface area is 119 Å². The molecule has 0 spiro atoms. The van der Waals surface area contributed by atoms with Gasteiger partial charge in [-0.15, -0.1) is 0 Å². The van der Waals surface area contributed by atoms with Crippen molar-refractivity contribution in [3.05, 3.63) is 23.5 Å². The molecule has 1 saturated heterocycles. The predicted octanol–water partition coefficient (Wildman–Crippen LogP) is 1.78. The van der Waals surface area contributed by atoms with Crippen LogP contribution in [-0.4, -0.2) is 34.9 Å². The van der Waals surface area contributed by atoms with Crippen molar-refractivity contribution in [2.45, 2.75) is 24.2 Å². The number of ether oxygens (including phenoxy) is 1. The van der Waals surface area contributed by atoms with Crippen LogP contribution in [0.15, 0.2) is 17.0 Å². The maximum atomic E-state index is 14.0. The van der Waals surface area contributed by atoms with Crippen LogP contribution >= 0.6 is 0 Å². The van der Waals surface area contributed by atoms with Gasteiger partial charge in [0.1, 0.15) is 16.5 Å². The first kappa shape index (κ1) is 15.3. The van der Waals surface area contributed by atoms with E-state index in [2.05, 4.69) is 5.32 Å². The Bertz CT molecular complexity index is 580. The number of hydrogen-bond donors (Lipinski definition) is 1. The minimum Gasteiger partial charge on any atom is -0.496 e. The van der Waals surface area contributed by atoms with Crippen LogP contribution in [-0.2, 0) is 16.3 Å². The SMILES string of the molecule is COc1cc(S(C)(=O)=O)c(F)cc1CC1CCCNC1. The molecule has 1 aliphatic heterocycles. The number of sulfone groups is 1. The lowest BCUT2D eigenvalue weighted by atomic mass is 9.92. The van der Waals surface area contributed by atoms with Crippen LogP contribution < -0.4 is 10.1 Å². The van der Waals surface area contributed by atoms with Gasteiger partial charge >= 0.3 is 0 Å². The molecule has 1 atom stereocenters. The average Bonchev–Trinajstić information content (AvgIpc) is 2.38. The molecule has 1 aromatic carbocycles. The monoisotopic (exact) mass is 301 g/mol. The summed E-state index contributed by atoms with van der Waals surface area (Å²) >= 11 is 0. The highest BCUT2D eigenvalue weighted by atomic mass is 32.2. The summed E-state index contributed by atoms with van der Waals surface area (Å²) in [7, 11) is -2.11. The molecule has 0 aromatic heterocycles. The van der Waals surface area contributed by atoms with Crippen molar-refractivity contribution < 1.29 is 17.5 Å². The molecule has 0 saturated carbocycles. The van der Waals surface area contributed by atoms with E-state index in [0.717, 1.165) is 37.8 Å². The highest BCUT2D eigenvalue weighted by Gasteiger charge is 2.21. The molecule has 2 rings (SSSR count). The van der Waals surface area contributed by atoms with Gasteiger partial charge < -0.3 is 10.1 Å². The number of benzene rings is 1. The van der Waals surface area contributed by atoms with Crippen molar-refractivity contribution >= 4 is 9.84 Å². The molecule has 20 heavy (non-hydrogen) atoms.